The zero-order valence-electron chi connectivity index (χ0n) is 11.6. The molecular weight excluding hydrogens is 146 g/mol. The highest BCUT2D eigenvalue weighted by molar-refractivity contribution is 5.20. The highest BCUT2D eigenvalue weighted by atomic mass is 14.9. The van der Waals surface area contributed by atoms with Crippen molar-refractivity contribution in [3.8, 4) is 0 Å². The van der Waals surface area contributed by atoms with Crippen molar-refractivity contribution in [2.24, 2.45) is 0 Å². The molecule has 0 radical (unpaired) electrons. The molecule has 0 amide bonds. The highest BCUT2D eigenvalue weighted by Gasteiger charge is 2.09. The van der Waals surface area contributed by atoms with Crippen molar-refractivity contribution in [3.63, 3.8) is 0 Å². The molecule has 1 N–H and O–H groups in total. The molecular formula is C11H13N. The Morgan fingerprint density at radius 3 is 3.17 bits per heavy atom. The quantitative estimate of drug-likeness (QED) is 0.672. The zero-order valence-corrected chi connectivity index (χ0v) is 6.57. The van der Waals surface area contributed by atoms with Crippen LogP contribution in [-0.2, 0) is 0 Å². The van der Waals surface area contributed by atoms with E-state index in [-0.39, 0.29) is 0 Å². The number of rotatable bonds is 1. The van der Waals surface area contributed by atoms with E-state index in [0.29, 0.717) is 5.56 Å². The van der Waals surface area contributed by atoms with Gasteiger partial charge in [-0.1, -0.05) is 36.4 Å². The van der Waals surface area contributed by atoms with Crippen LogP contribution in [0, 0.1) is 0 Å². The summed E-state index contributed by atoms with van der Waals surface area (Å²) in [6.45, 7) is 0. The van der Waals surface area contributed by atoms with Gasteiger partial charge in [0.15, 0.2) is 1.41 Å². The number of hydrogen-bond donors (Lipinski definition) is 1. The van der Waals surface area contributed by atoms with Gasteiger partial charge in [0.25, 0.3) is 0 Å². The van der Waals surface area contributed by atoms with Gasteiger partial charge in [0.1, 0.15) is 0 Å². The molecule has 1 heterocycles. The lowest BCUT2D eigenvalue weighted by Crippen LogP contribution is -2.17. The van der Waals surface area contributed by atoms with E-state index in [9.17, 15) is 0 Å². The summed E-state index contributed by atoms with van der Waals surface area (Å²) in [5.41, 5.74) is 0.376. The average molecular weight is 164 g/mol. The largest absolute Gasteiger partial charge is 0.384 e. The van der Waals surface area contributed by atoms with E-state index in [0.717, 1.165) is 5.31 Å². The molecule has 0 saturated heterocycles. The minimum Gasteiger partial charge on any atom is -0.384 e. The Bertz CT molecular complexity index is 433. The Morgan fingerprint density at radius 2 is 2.33 bits per heavy atom. The van der Waals surface area contributed by atoms with Crippen LogP contribution in [0.2, 0.25) is 1.41 Å². The molecule has 0 saturated carbocycles. The van der Waals surface area contributed by atoms with Crippen LogP contribution in [0.5, 0.6) is 0 Å². The van der Waals surface area contributed by atoms with Crippen LogP contribution in [0.15, 0.2) is 42.6 Å². The average Bonchev–Trinajstić information content (AvgIpc) is 2.33. The number of hydrogen-bond acceptors (Lipinski definition) is 1. The van der Waals surface area contributed by atoms with Crippen molar-refractivity contribution >= 4 is 0 Å². The molecule has 1 aliphatic rings. The summed E-state index contributed by atoms with van der Waals surface area (Å²) in [7, 11) is 0. The van der Waals surface area contributed by atoms with Crippen molar-refractivity contribution in [1.82, 2.24) is 5.31 Å². The normalized spacial score (nSPS) is 45.2. The second-order valence-corrected chi connectivity index (χ2v) is 2.50. The second kappa shape index (κ2) is 3.44. The third-order valence-electron chi connectivity index (χ3n) is 1.65. The van der Waals surface area contributed by atoms with Crippen molar-refractivity contribution in [3.05, 3.63) is 48.2 Å². The van der Waals surface area contributed by atoms with Crippen molar-refractivity contribution < 1.29 is 6.89 Å². The molecule has 1 aliphatic heterocycles. The molecule has 2 rings (SSSR count). The molecule has 0 bridgehead atoms. The third-order valence-corrected chi connectivity index (χ3v) is 1.65. The zero-order chi connectivity index (χ0) is 12.7. The first kappa shape index (κ1) is 3.65. The minimum atomic E-state index is -2.15. The second-order valence-electron chi connectivity index (χ2n) is 2.50. The maximum Gasteiger partial charge on any atom is 0.160 e. The van der Waals surface area contributed by atoms with Gasteiger partial charge in [-0.15, -0.1) is 0 Å². The molecule has 0 spiro atoms. The molecule has 2 unspecified atom stereocenters. The van der Waals surface area contributed by atoms with Crippen LogP contribution in [0.4, 0.5) is 0 Å². The fourth-order valence-corrected chi connectivity index (χ4v) is 1.08. The Morgan fingerprint density at radius 1 is 1.50 bits per heavy atom. The molecule has 1 heteroatoms. The molecule has 1 aromatic carbocycles. The molecule has 1 nitrogen and oxygen atoms in total. The van der Waals surface area contributed by atoms with E-state index in [2.05, 4.69) is 0 Å². The summed E-state index contributed by atoms with van der Waals surface area (Å²) in [4.78, 5) is 0. The van der Waals surface area contributed by atoms with Gasteiger partial charge in [-0.2, -0.15) is 0 Å². The van der Waals surface area contributed by atoms with E-state index < -0.39 is 18.8 Å². The van der Waals surface area contributed by atoms with Gasteiger partial charge >= 0.3 is 0 Å². The lowest BCUT2D eigenvalue weighted by Gasteiger charge is -2.20. The first-order valence-electron chi connectivity index (χ1n) is 6.37. The maximum absolute atomic E-state index is 8.29. The van der Waals surface area contributed by atoms with Crippen LogP contribution >= 0.6 is 0 Å². The van der Waals surface area contributed by atoms with E-state index in [1.165, 1.54) is 12.3 Å². The summed E-state index contributed by atoms with van der Waals surface area (Å²) in [5.74, 6) is 0. The third kappa shape index (κ3) is 1.50. The Balaban J connectivity index is 2.58. The Hall–Kier alpha value is -1.24. The van der Waals surface area contributed by atoms with Crippen LogP contribution in [0.3, 0.4) is 0 Å². The predicted octanol–water partition coefficient (Wildman–Crippen LogP) is 2.62. The van der Waals surface area contributed by atoms with Gasteiger partial charge in [0.05, 0.1) is 7.39 Å². The van der Waals surface area contributed by atoms with Gasteiger partial charge in [0.2, 0.25) is 0 Å². The van der Waals surface area contributed by atoms with Gasteiger partial charge in [-0.05, 0) is 24.5 Å². The summed E-state index contributed by atoms with van der Waals surface area (Å²) in [5, 5.41) is 0.771. The number of benzene rings is 1. The minimum absolute atomic E-state index is 0.376. The van der Waals surface area contributed by atoms with Crippen LogP contribution < -0.4 is 5.31 Å². The van der Waals surface area contributed by atoms with E-state index in [1.807, 2.05) is 0 Å². The summed E-state index contributed by atoms with van der Waals surface area (Å²) >= 11 is 0. The van der Waals surface area contributed by atoms with Crippen molar-refractivity contribution in [2.45, 2.75) is 18.8 Å². The van der Waals surface area contributed by atoms with Gasteiger partial charge in [-0.25, -0.2) is 0 Å². The van der Waals surface area contributed by atoms with E-state index in [4.69, 9.17) is 6.89 Å². The molecule has 0 aromatic heterocycles. The van der Waals surface area contributed by atoms with Crippen LogP contribution in [0.1, 0.15) is 29.8 Å². The molecule has 1 aromatic rings. The molecule has 12 heavy (non-hydrogen) atoms. The van der Waals surface area contributed by atoms with Crippen LogP contribution in [0.25, 0.3) is 0 Å². The SMILES string of the molecule is [2H]C1C=CN([2H])C([2H])(c2ccccc2)C1([2H])[2H]. The summed E-state index contributed by atoms with van der Waals surface area (Å²) in [6.07, 6.45) is -0.728. The lowest BCUT2D eigenvalue weighted by molar-refractivity contribution is 0.553. The highest BCUT2D eigenvalue weighted by Crippen LogP contribution is 2.20. The molecule has 0 aliphatic carbocycles. The predicted molar refractivity (Wildman–Crippen MR) is 50.7 cm³/mol. The van der Waals surface area contributed by atoms with Gasteiger partial charge in [-0.3, -0.25) is 0 Å². The molecule has 2 atom stereocenters. The number of allylic oxidation sites excluding steroid dienone is 1. The summed E-state index contributed by atoms with van der Waals surface area (Å²) in [6, 6.07) is 6.50. The molecule has 62 valence electrons. The van der Waals surface area contributed by atoms with Crippen molar-refractivity contribution in [2.75, 3.05) is 0 Å². The topological polar surface area (TPSA) is 12.0 Å². The van der Waals surface area contributed by atoms with E-state index >= 15 is 0 Å². The smallest absolute Gasteiger partial charge is 0.160 e. The first-order chi connectivity index (χ1) is 7.90. The van der Waals surface area contributed by atoms with Crippen molar-refractivity contribution in [1.29, 1.82) is 0 Å². The Kier molecular flexibility index (Phi) is 1.05. The van der Waals surface area contributed by atoms with Gasteiger partial charge < -0.3 is 5.31 Å². The first-order valence-corrected chi connectivity index (χ1v) is 3.85. The maximum atomic E-state index is 8.29. The summed E-state index contributed by atoms with van der Waals surface area (Å²) < 4.78 is 39.6. The standard InChI is InChI=1S/C11H13N/c1-2-6-10(7-3-1)11-8-4-5-9-12-11/h1-3,5-7,9,11-12H,4,8H2/i4D,8D2,11D/hD. The number of nitrogens with one attached hydrogen (secondary N) is 1. The fourth-order valence-electron chi connectivity index (χ4n) is 1.08. The van der Waals surface area contributed by atoms with Crippen LogP contribution in [-0.4, -0.2) is 0 Å². The lowest BCUT2D eigenvalue weighted by atomic mass is 10.0. The monoisotopic (exact) mass is 164 g/mol. The fraction of sp³-hybridized carbons (Fsp3) is 0.273. The Labute approximate surface area is 80.2 Å². The van der Waals surface area contributed by atoms with Gasteiger partial charge in [0, 0.05) is 4.11 Å². The molecule has 0 fully saturated rings. The van der Waals surface area contributed by atoms with E-state index in [1.54, 1.807) is 30.3 Å².